The average molecular weight is 411 g/mol. The van der Waals surface area contributed by atoms with Crippen molar-refractivity contribution in [1.82, 2.24) is 4.98 Å². The molecule has 0 saturated carbocycles. The number of nitrogens with one attached hydrogen (secondary N) is 1. The molecule has 0 aliphatic heterocycles. The van der Waals surface area contributed by atoms with E-state index in [4.69, 9.17) is 4.74 Å². The van der Waals surface area contributed by atoms with Crippen molar-refractivity contribution in [2.45, 2.75) is 11.1 Å². The van der Waals surface area contributed by atoms with E-state index in [0.717, 1.165) is 12.1 Å². The molecule has 0 aliphatic rings. The summed E-state index contributed by atoms with van der Waals surface area (Å²) in [6.45, 7) is 0. The van der Waals surface area contributed by atoms with Crippen LogP contribution in [-0.4, -0.2) is 20.5 Å². The zero-order valence-corrected chi connectivity index (χ0v) is 14.0. The molecule has 23 heavy (non-hydrogen) atoms. The fourth-order valence-corrected chi connectivity index (χ4v) is 3.39. The highest BCUT2D eigenvalue weighted by Crippen LogP contribution is 2.30. The average Bonchev–Trinajstić information content (AvgIpc) is 2.46. The summed E-state index contributed by atoms with van der Waals surface area (Å²) in [6.07, 6.45) is -3.99. The Morgan fingerprint density at radius 2 is 1.91 bits per heavy atom. The first-order valence-electron chi connectivity index (χ1n) is 6.03. The second-order valence-electron chi connectivity index (χ2n) is 4.33. The molecule has 0 aliphatic carbocycles. The van der Waals surface area contributed by atoms with Crippen LogP contribution in [0.15, 0.2) is 45.9 Å². The summed E-state index contributed by atoms with van der Waals surface area (Å²) < 4.78 is 69.7. The summed E-state index contributed by atoms with van der Waals surface area (Å²) in [5.41, 5.74) is -0.972. The molecule has 124 valence electrons. The van der Waals surface area contributed by atoms with E-state index < -0.39 is 21.8 Å². The Hall–Kier alpha value is -1.81. The standard InChI is InChI=1S/C13H10BrF3N2O3S/c1-22-10-4-3-9(14)6-11(10)23(20,21)19-12-5-2-8(7-18-12)13(15,16)17/h2-7H,1H3,(H,18,19). The lowest BCUT2D eigenvalue weighted by Crippen LogP contribution is -2.15. The van der Waals surface area contributed by atoms with Crippen LogP contribution in [0.1, 0.15) is 5.56 Å². The zero-order valence-electron chi connectivity index (χ0n) is 11.6. The van der Waals surface area contributed by atoms with Crippen LogP contribution in [0.2, 0.25) is 0 Å². The van der Waals surface area contributed by atoms with Crippen LogP contribution in [0.3, 0.4) is 0 Å². The number of sulfonamides is 1. The lowest BCUT2D eigenvalue weighted by Gasteiger charge is -2.12. The minimum Gasteiger partial charge on any atom is -0.495 e. The molecule has 2 aromatic rings. The number of hydrogen-bond donors (Lipinski definition) is 1. The van der Waals surface area contributed by atoms with Crippen molar-refractivity contribution in [3.63, 3.8) is 0 Å². The van der Waals surface area contributed by atoms with Gasteiger partial charge < -0.3 is 4.74 Å². The van der Waals surface area contributed by atoms with Gasteiger partial charge in [-0.3, -0.25) is 4.72 Å². The summed E-state index contributed by atoms with van der Waals surface area (Å²) in [5.74, 6) is -0.146. The highest BCUT2D eigenvalue weighted by molar-refractivity contribution is 9.10. The van der Waals surface area contributed by atoms with Crippen LogP contribution in [0, 0.1) is 0 Å². The monoisotopic (exact) mass is 410 g/mol. The van der Waals surface area contributed by atoms with Gasteiger partial charge in [-0.2, -0.15) is 13.2 Å². The van der Waals surface area contributed by atoms with Gasteiger partial charge in [0.2, 0.25) is 0 Å². The highest BCUT2D eigenvalue weighted by Gasteiger charge is 2.31. The SMILES string of the molecule is COc1ccc(Br)cc1S(=O)(=O)Nc1ccc(C(F)(F)F)cn1. The van der Waals surface area contributed by atoms with Crippen LogP contribution in [-0.2, 0) is 16.2 Å². The number of hydrogen-bond acceptors (Lipinski definition) is 4. The van der Waals surface area contributed by atoms with E-state index in [9.17, 15) is 21.6 Å². The largest absolute Gasteiger partial charge is 0.495 e. The second-order valence-corrected chi connectivity index (χ2v) is 6.90. The van der Waals surface area contributed by atoms with E-state index in [1.165, 1.54) is 19.2 Å². The van der Waals surface area contributed by atoms with E-state index in [-0.39, 0.29) is 16.5 Å². The number of halogens is 4. The van der Waals surface area contributed by atoms with Gasteiger partial charge in [0, 0.05) is 10.7 Å². The molecule has 1 heterocycles. The number of ether oxygens (including phenoxy) is 1. The van der Waals surface area contributed by atoms with Gasteiger partial charge in [-0.25, -0.2) is 13.4 Å². The Bertz CT molecular complexity index is 808. The topological polar surface area (TPSA) is 68.3 Å². The molecular formula is C13H10BrF3N2O3S. The molecule has 1 aromatic carbocycles. The van der Waals surface area contributed by atoms with Crippen LogP contribution in [0.5, 0.6) is 5.75 Å². The van der Waals surface area contributed by atoms with E-state index >= 15 is 0 Å². The van der Waals surface area contributed by atoms with Crippen molar-refractivity contribution in [2.75, 3.05) is 11.8 Å². The van der Waals surface area contributed by atoms with Gasteiger partial charge in [-0.05, 0) is 30.3 Å². The highest BCUT2D eigenvalue weighted by atomic mass is 79.9. The first kappa shape index (κ1) is 17.5. The fraction of sp³-hybridized carbons (Fsp3) is 0.154. The summed E-state index contributed by atoms with van der Waals surface area (Å²) in [7, 11) is -2.77. The first-order chi connectivity index (χ1) is 10.6. The molecular weight excluding hydrogens is 401 g/mol. The molecule has 2 rings (SSSR count). The fourth-order valence-electron chi connectivity index (χ4n) is 1.68. The van der Waals surface area contributed by atoms with Crippen molar-refractivity contribution in [1.29, 1.82) is 0 Å². The summed E-state index contributed by atoms with van der Waals surface area (Å²) >= 11 is 3.15. The van der Waals surface area contributed by atoms with Gasteiger partial charge >= 0.3 is 6.18 Å². The van der Waals surface area contributed by atoms with E-state index in [0.29, 0.717) is 10.7 Å². The Labute approximate surface area is 138 Å². The molecule has 5 nitrogen and oxygen atoms in total. The molecule has 0 radical (unpaired) electrons. The molecule has 0 amide bonds. The maximum absolute atomic E-state index is 12.5. The van der Waals surface area contributed by atoms with Crippen LogP contribution in [0.25, 0.3) is 0 Å². The molecule has 0 atom stereocenters. The smallest absolute Gasteiger partial charge is 0.417 e. The normalized spacial score (nSPS) is 12.0. The molecule has 0 unspecified atom stereocenters. The molecule has 0 saturated heterocycles. The number of pyridine rings is 1. The summed E-state index contributed by atoms with van der Waals surface area (Å²) in [4.78, 5) is 3.30. The number of anilines is 1. The van der Waals surface area contributed by atoms with Gasteiger partial charge in [0.1, 0.15) is 16.5 Å². The minimum atomic E-state index is -4.54. The number of methoxy groups -OCH3 is 1. The van der Waals surface area contributed by atoms with Crippen molar-refractivity contribution >= 4 is 31.8 Å². The lowest BCUT2D eigenvalue weighted by molar-refractivity contribution is -0.137. The molecule has 0 spiro atoms. The van der Waals surface area contributed by atoms with Gasteiger partial charge in [-0.1, -0.05) is 15.9 Å². The number of aromatic nitrogens is 1. The van der Waals surface area contributed by atoms with Crippen molar-refractivity contribution in [3.8, 4) is 5.75 Å². The third-order valence-corrected chi connectivity index (χ3v) is 4.61. The molecule has 1 N–H and O–H groups in total. The Morgan fingerprint density at radius 3 is 2.43 bits per heavy atom. The zero-order chi connectivity index (χ0) is 17.3. The molecule has 0 fully saturated rings. The molecule has 10 heteroatoms. The van der Waals surface area contributed by atoms with Gasteiger partial charge in [0.15, 0.2) is 0 Å². The predicted octanol–water partition coefficient (Wildman–Crippen LogP) is 3.67. The lowest BCUT2D eigenvalue weighted by atomic mass is 10.3. The quantitative estimate of drug-likeness (QED) is 0.834. The molecule has 1 aromatic heterocycles. The third kappa shape index (κ3) is 4.14. The van der Waals surface area contributed by atoms with E-state index in [1.54, 1.807) is 6.07 Å². The van der Waals surface area contributed by atoms with E-state index in [1.807, 2.05) is 0 Å². The van der Waals surface area contributed by atoms with Crippen molar-refractivity contribution < 1.29 is 26.3 Å². The predicted molar refractivity (Wildman–Crippen MR) is 80.7 cm³/mol. The Balaban J connectivity index is 2.34. The minimum absolute atomic E-state index is 0.0904. The Morgan fingerprint density at radius 1 is 1.22 bits per heavy atom. The van der Waals surface area contributed by atoms with Crippen LogP contribution in [0.4, 0.5) is 19.0 Å². The van der Waals surface area contributed by atoms with Gasteiger partial charge in [0.05, 0.1) is 12.7 Å². The van der Waals surface area contributed by atoms with Crippen LogP contribution >= 0.6 is 15.9 Å². The number of rotatable bonds is 4. The maximum Gasteiger partial charge on any atom is 0.417 e. The second kappa shape index (κ2) is 6.36. The maximum atomic E-state index is 12.5. The number of alkyl halides is 3. The number of nitrogens with zero attached hydrogens (tertiary/aromatic N) is 1. The summed E-state index contributed by atoms with van der Waals surface area (Å²) in [6, 6.07) is 6.02. The van der Waals surface area contributed by atoms with Gasteiger partial charge in [0.25, 0.3) is 10.0 Å². The van der Waals surface area contributed by atoms with Crippen molar-refractivity contribution in [3.05, 3.63) is 46.6 Å². The van der Waals surface area contributed by atoms with Gasteiger partial charge in [-0.15, -0.1) is 0 Å². The Kier molecular flexibility index (Phi) is 4.85. The van der Waals surface area contributed by atoms with E-state index in [2.05, 4.69) is 25.6 Å². The summed E-state index contributed by atoms with van der Waals surface area (Å²) in [5, 5.41) is 0. The van der Waals surface area contributed by atoms with Crippen molar-refractivity contribution in [2.24, 2.45) is 0 Å². The first-order valence-corrected chi connectivity index (χ1v) is 8.31. The van der Waals surface area contributed by atoms with Crippen LogP contribution < -0.4 is 9.46 Å². The third-order valence-electron chi connectivity index (χ3n) is 2.74. The number of benzene rings is 1. The molecule has 0 bridgehead atoms.